The van der Waals surface area contributed by atoms with Crippen LogP contribution < -0.4 is 5.32 Å². The van der Waals surface area contributed by atoms with Crippen LogP contribution in [0.3, 0.4) is 0 Å². The predicted molar refractivity (Wildman–Crippen MR) is 119 cm³/mol. The molecule has 184 valence electrons. The predicted octanol–water partition coefficient (Wildman–Crippen LogP) is 3.12. The number of carbonyl (C=O) groups excluding carboxylic acids is 2. The molecule has 0 aromatic heterocycles. The molecule has 1 saturated heterocycles. The van der Waals surface area contributed by atoms with E-state index in [4.69, 9.17) is 0 Å². The van der Waals surface area contributed by atoms with Crippen molar-refractivity contribution >= 4 is 21.8 Å². The number of nitrogens with zero attached hydrogens (tertiary/aromatic N) is 2. The van der Waals surface area contributed by atoms with Crippen LogP contribution in [0.1, 0.15) is 34.8 Å². The number of amides is 2. The molecule has 0 bridgehead atoms. The first-order valence-corrected chi connectivity index (χ1v) is 12.0. The number of carbonyl (C=O) groups is 2. The Bertz CT molecular complexity index is 1160. The van der Waals surface area contributed by atoms with Crippen molar-refractivity contribution in [3.63, 3.8) is 0 Å². The van der Waals surface area contributed by atoms with E-state index in [1.165, 1.54) is 55.4 Å². The first-order chi connectivity index (χ1) is 15.8. The highest BCUT2D eigenvalue weighted by Gasteiger charge is 2.40. The fraction of sp³-hybridized carbons (Fsp3) is 0.391. The highest BCUT2D eigenvalue weighted by Crippen LogP contribution is 2.29. The van der Waals surface area contributed by atoms with Crippen LogP contribution in [0.15, 0.2) is 53.4 Å². The minimum Gasteiger partial charge on any atom is -0.350 e. The van der Waals surface area contributed by atoms with Gasteiger partial charge in [-0.1, -0.05) is 25.1 Å². The molecule has 0 saturated carbocycles. The summed E-state index contributed by atoms with van der Waals surface area (Å²) in [6.45, 7) is 2.17. The Labute approximate surface area is 196 Å². The number of hydrogen-bond acceptors (Lipinski definition) is 4. The van der Waals surface area contributed by atoms with Crippen LogP contribution in [-0.4, -0.2) is 56.1 Å². The molecule has 2 atom stereocenters. The van der Waals surface area contributed by atoms with Crippen LogP contribution in [0.25, 0.3) is 0 Å². The lowest BCUT2D eigenvalue weighted by molar-refractivity contribution is -0.137. The van der Waals surface area contributed by atoms with Crippen LogP contribution in [0.2, 0.25) is 0 Å². The Morgan fingerprint density at radius 2 is 1.76 bits per heavy atom. The fourth-order valence-corrected chi connectivity index (χ4v) is 4.79. The number of hydrogen-bond donors (Lipinski definition) is 1. The van der Waals surface area contributed by atoms with Crippen LogP contribution in [-0.2, 0) is 27.5 Å². The summed E-state index contributed by atoms with van der Waals surface area (Å²) in [6, 6.07) is 9.36. The van der Waals surface area contributed by atoms with E-state index in [1.54, 1.807) is 0 Å². The third-order valence-corrected chi connectivity index (χ3v) is 7.65. The van der Waals surface area contributed by atoms with Crippen molar-refractivity contribution in [2.24, 2.45) is 5.92 Å². The zero-order valence-corrected chi connectivity index (χ0v) is 19.8. The summed E-state index contributed by atoms with van der Waals surface area (Å²) in [7, 11) is -0.952. The summed E-state index contributed by atoms with van der Waals surface area (Å²) in [5, 5.41) is 2.70. The lowest BCUT2D eigenvalue weighted by atomic mass is 10.0. The number of rotatable bonds is 6. The summed E-state index contributed by atoms with van der Waals surface area (Å²) < 4.78 is 64.1. The molecule has 34 heavy (non-hydrogen) atoms. The number of likely N-dealkylation sites (tertiary alicyclic amines) is 1. The summed E-state index contributed by atoms with van der Waals surface area (Å²) in [4.78, 5) is 27.5. The van der Waals surface area contributed by atoms with Gasteiger partial charge in [0.2, 0.25) is 15.9 Å². The number of alkyl halides is 3. The van der Waals surface area contributed by atoms with Gasteiger partial charge in [0.15, 0.2) is 0 Å². The molecule has 1 fully saturated rings. The van der Waals surface area contributed by atoms with E-state index < -0.39 is 39.6 Å². The third-order valence-electron chi connectivity index (χ3n) is 5.84. The molecule has 2 aromatic carbocycles. The maximum absolute atomic E-state index is 13.2. The highest BCUT2D eigenvalue weighted by atomic mass is 32.2. The summed E-state index contributed by atoms with van der Waals surface area (Å²) in [5.41, 5.74) is -0.133. The van der Waals surface area contributed by atoms with Gasteiger partial charge >= 0.3 is 6.18 Å². The minimum atomic E-state index is -4.44. The number of benzene rings is 2. The SMILES string of the molecule is C[C@H]1CCN(C(=O)c2cccc(S(=O)(=O)N(C)C)c2)[C@H]1C(=O)NCc1ccc(C(F)(F)F)cc1. The van der Waals surface area contributed by atoms with Gasteiger partial charge < -0.3 is 10.2 Å². The average Bonchev–Trinajstić information content (AvgIpc) is 3.18. The average molecular weight is 498 g/mol. The Hall–Kier alpha value is -2.92. The molecular weight excluding hydrogens is 471 g/mol. The molecule has 0 spiro atoms. The Kier molecular flexibility index (Phi) is 7.37. The van der Waals surface area contributed by atoms with Gasteiger partial charge in [0.1, 0.15) is 6.04 Å². The van der Waals surface area contributed by atoms with E-state index in [-0.39, 0.29) is 22.9 Å². The van der Waals surface area contributed by atoms with Crippen molar-refractivity contribution in [1.82, 2.24) is 14.5 Å². The van der Waals surface area contributed by atoms with E-state index in [2.05, 4.69) is 5.32 Å². The molecule has 11 heteroatoms. The summed E-state index contributed by atoms with van der Waals surface area (Å²) in [6.07, 6.45) is -3.86. The molecule has 0 aliphatic carbocycles. The maximum Gasteiger partial charge on any atom is 0.416 e. The Morgan fingerprint density at radius 3 is 2.35 bits per heavy atom. The van der Waals surface area contributed by atoms with Crippen molar-refractivity contribution in [3.05, 3.63) is 65.2 Å². The first-order valence-electron chi connectivity index (χ1n) is 10.6. The third kappa shape index (κ3) is 5.41. The molecule has 1 aliphatic rings. The molecule has 1 aliphatic heterocycles. The molecule has 2 amide bonds. The van der Waals surface area contributed by atoms with Gasteiger partial charge in [-0.2, -0.15) is 13.2 Å². The van der Waals surface area contributed by atoms with E-state index in [9.17, 15) is 31.2 Å². The standard InChI is InChI=1S/C23H26F3N3O4S/c1-15-11-12-29(22(31)17-5-4-6-19(13-17)34(32,33)28(2)3)20(15)21(30)27-14-16-7-9-18(10-8-16)23(24,25)26/h4-10,13,15,20H,11-12,14H2,1-3H3,(H,27,30)/t15-,20+/m0/s1. The molecule has 7 nitrogen and oxygen atoms in total. The molecule has 0 radical (unpaired) electrons. The second kappa shape index (κ2) is 9.75. The van der Waals surface area contributed by atoms with Crippen molar-refractivity contribution in [1.29, 1.82) is 0 Å². The topological polar surface area (TPSA) is 86.8 Å². The van der Waals surface area contributed by atoms with Crippen LogP contribution in [0, 0.1) is 5.92 Å². The highest BCUT2D eigenvalue weighted by molar-refractivity contribution is 7.89. The maximum atomic E-state index is 13.2. The first kappa shape index (κ1) is 25.7. The number of nitrogens with one attached hydrogen (secondary N) is 1. The van der Waals surface area contributed by atoms with E-state index in [0.717, 1.165) is 16.4 Å². The van der Waals surface area contributed by atoms with E-state index in [1.807, 2.05) is 6.92 Å². The van der Waals surface area contributed by atoms with Crippen molar-refractivity contribution in [2.45, 2.75) is 37.0 Å². The van der Waals surface area contributed by atoms with Crippen molar-refractivity contribution in [2.75, 3.05) is 20.6 Å². The Balaban J connectivity index is 1.74. The van der Waals surface area contributed by atoms with E-state index >= 15 is 0 Å². The molecule has 1 N–H and O–H groups in total. The van der Waals surface area contributed by atoms with E-state index in [0.29, 0.717) is 18.5 Å². The molecule has 1 heterocycles. The quantitative estimate of drug-likeness (QED) is 0.665. The smallest absolute Gasteiger partial charge is 0.350 e. The van der Waals surface area contributed by atoms with Crippen LogP contribution in [0.4, 0.5) is 13.2 Å². The van der Waals surface area contributed by atoms with Gasteiger partial charge in [0.05, 0.1) is 10.5 Å². The summed E-state index contributed by atoms with van der Waals surface area (Å²) >= 11 is 0. The minimum absolute atomic E-state index is 0.0127. The summed E-state index contributed by atoms with van der Waals surface area (Å²) in [5.74, 6) is -1.03. The second-order valence-electron chi connectivity index (χ2n) is 8.44. The normalized spacial score (nSPS) is 18.9. The largest absolute Gasteiger partial charge is 0.416 e. The number of sulfonamides is 1. The number of halogens is 3. The zero-order valence-electron chi connectivity index (χ0n) is 19.0. The molecule has 2 aromatic rings. The van der Waals surface area contributed by atoms with Gasteiger partial charge in [-0.25, -0.2) is 12.7 Å². The van der Waals surface area contributed by atoms with Gasteiger partial charge in [0, 0.05) is 32.7 Å². The van der Waals surface area contributed by atoms with Gasteiger partial charge in [-0.3, -0.25) is 9.59 Å². The van der Waals surface area contributed by atoms with Crippen molar-refractivity contribution in [3.8, 4) is 0 Å². The van der Waals surface area contributed by atoms with Crippen molar-refractivity contribution < 1.29 is 31.2 Å². The van der Waals surface area contributed by atoms with Crippen LogP contribution >= 0.6 is 0 Å². The lowest BCUT2D eigenvalue weighted by Crippen LogP contribution is -2.48. The zero-order chi connectivity index (χ0) is 25.3. The van der Waals surface area contributed by atoms with Gasteiger partial charge in [0.25, 0.3) is 5.91 Å². The fourth-order valence-electron chi connectivity index (χ4n) is 3.85. The molecular formula is C23H26F3N3O4S. The second-order valence-corrected chi connectivity index (χ2v) is 10.6. The van der Waals surface area contributed by atoms with Gasteiger partial charge in [-0.15, -0.1) is 0 Å². The lowest BCUT2D eigenvalue weighted by Gasteiger charge is -2.26. The Morgan fingerprint density at radius 1 is 1.12 bits per heavy atom. The monoisotopic (exact) mass is 497 g/mol. The van der Waals surface area contributed by atoms with Gasteiger partial charge in [-0.05, 0) is 48.2 Å². The molecule has 3 rings (SSSR count). The van der Waals surface area contributed by atoms with Crippen LogP contribution in [0.5, 0.6) is 0 Å². The molecule has 0 unspecified atom stereocenters.